The summed E-state index contributed by atoms with van der Waals surface area (Å²) in [6.45, 7) is 8.16. The molecule has 0 atom stereocenters. The number of guanidine groups is 1. The first-order chi connectivity index (χ1) is 13.9. The van der Waals surface area contributed by atoms with Gasteiger partial charge in [0, 0.05) is 38.2 Å². The van der Waals surface area contributed by atoms with Gasteiger partial charge in [-0.1, -0.05) is 6.92 Å². The predicted octanol–water partition coefficient (Wildman–Crippen LogP) is 2.94. The van der Waals surface area contributed by atoms with Crippen LogP contribution in [0.15, 0.2) is 29.3 Å². The van der Waals surface area contributed by atoms with Crippen LogP contribution in [0.3, 0.4) is 0 Å². The first kappa shape index (κ1) is 28.9. The van der Waals surface area contributed by atoms with Crippen molar-refractivity contribution in [2.24, 2.45) is 4.99 Å². The molecule has 8 nitrogen and oxygen atoms in total. The van der Waals surface area contributed by atoms with E-state index in [1.165, 1.54) is 0 Å². The van der Waals surface area contributed by atoms with Gasteiger partial charge in [0.15, 0.2) is 15.8 Å². The standard InChI is InChI=1S/C20H35N3O5S.HI/c1-5-29(24,25)16-12-22-20(21-11-6-13-27-15-14-26-4)23-18-7-9-19(10-8-18)28-17(2)3;/h7-10,17H,5-6,11-16H2,1-4H3,(H2,21,22,23);1H. The van der Waals surface area contributed by atoms with E-state index in [4.69, 9.17) is 14.2 Å². The molecule has 174 valence electrons. The molecule has 0 aliphatic carbocycles. The highest BCUT2D eigenvalue weighted by Crippen LogP contribution is 2.16. The zero-order valence-corrected chi connectivity index (χ0v) is 21.5. The van der Waals surface area contributed by atoms with Crippen LogP contribution in [0.5, 0.6) is 5.75 Å². The third-order valence-electron chi connectivity index (χ3n) is 3.78. The quantitative estimate of drug-likeness (QED) is 0.157. The number of nitrogens with zero attached hydrogens (tertiary/aromatic N) is 1. The third-order valence-corrected chi connectivity index (χ3v) is 5.49. The number of anilines is 1. The van der Waals surface area contributed by atoms with Crippen molar-refractivity contribution in [3.63, 3.8) is 0 Å². The largest absolute Gasteiger partial charge is 0.491 e. The molecule has 10 heteroatoms. The minimum absolute atomic E-state index is 0. The molecule has 0 aromatic heterocycles. The van der Waals surface area contributed by atoms with E-state index in [9.17, 15) is 8.42 Å². The van der Waals surface area contributed by atoms with Crippen LogP contribution in [-0.2, 0) is 19.3 Å². The van der Waals surface area contributed by atoms with Crippen molar-refractivity contribution >= 4 is 45.5 Å². The second-order valence-corrected chi connectivity index (χ2v) is 9.14. The van der Waals surface area contributed by atoms with Gasteiger partial charge in [-0.05, 0) is 44.5 Å². The Hall–Kier alpha value is -1.11. The van der Waals surface area contributed by atoms with E-state index in [0.29, 0.717) is 38.9 Å². The molecule has 0 unspecified atom stereocenters. The van der Waals surface area contributed by atoms with E-state index in [1.54, 1.807) is 14.0 Å². The molecule has 2 N–H and O–H groups in total. The number of aliphatic imine (C=N–C) groups is 1. The number of halogens is 1. The molecule has 1 aromatic carbocycles. The average molecular weight is 557 g/mol. The molecule has 0 heterocycles. The van der Waals surface area contributed by atoms with Crippen LogP contribution >= 0.6 is 24.0 Å². The van der Waals surface area contributed by atoms with Crippen molar-refractivity contribution in [2.75, 3.05) is 56.8 Å². The van der Waals surface area contributed by atoms with Gasteiger partial charge in [-0.25, -0.2) is 8.42 Å². The van der Waals surface area contributed by atoms with Crippen molar-refractivity contribution in [1.29, 1.82) is 0 Å². The van der Waals surface area contributed by atoms with Crippen LogP contribution in [0.4, 0.5) is 5.69 Å². The lowest BCUT2D eigenvalue weighted by Gasteiger charge is -2.14. The Morgan fingerprint density at radius 1 is 1.13 bits per heavy atom. The molecule has 1 rings (SSSR count). The first-order valence-electron chi connectivity index (χ1n) is 9.95. The molecule has 0 bridgehead atoms. The summed E-state index contributed by atoms with van der Waals surface area (Å²) in [5.41, 5.74) is 0.835. The minimum Gasteiger partial charge on any atom is -0.491 e. The highest BCUT2D eigenvalue weighted by Gasteiger charge is 2.08. The summed E-state index contributed by atoms with van der Waals surface area (Å²) in [4.78, 5) is 4.51. The lowest BCUT2D eigenvalue weighted by atomic mass is 10.3. The van der Waals surface area contributed by atoms with Gasteiger partial charge in [-0.3, -0.25) is 4.99 Å². The monoisotopic (exact) mass is 557 g/mol. The van der Waals surface area contributed by atoms with Gasteiger partial charge in [0.1, 0.15) is 5.75 Å². The Balaban J connectivity index is 0.00000841. The maximum absolute atomic E-state index is 11.7. The Morgan fingerprint density at radius 2 is 1.83 bits per heavy atom. The topological polar surface area (TPSA) is 98.3 Å². The summed E-state index contributed by atoms with van der Waals surface area (Å²) in [5, 5.41) is 6.29. The molecular formula is C20H36IN3O5S. The zero-order valence-electron chi connectivity index (χ0n) is 18.3. The number of ether oxygens (including phenoxy) is 3. The van der Waals surface area contributed by atoms with Crippen LogP contribution in [0, 0.1) is 0 Å². The van der Waals surface area contributed by atoms with Gasteiger partial charge in [-0.2, -0.15) is 0 Å². The zero-order chi connectivity index (χ0) is 21.5. The summed E-state index contributed by atoms with van der Waals surface area (Å²) in [6, 6.07) is 7.55. The molecule has 0 spiro atoms. The van der Waals surface area contributed by atoms with Gasteiger partial charge in [0.2, 0.25) is 0 Å². The summed E-state index contributed by atoms with van der Waals surface area (Å²) in [5.74, 6) is 1.51. The fraction of sp³-hybridized carbons (Fsp3) is 0.650. The van der Waals surface area contributed by atoms with Gasteiger partial charge >= 0.3 is 0 Å². The summed E-state index contributed by atoms with van der Waals surface area (Å²) in [7, 11) is -1.40. The highest BCUT2D eigenvalue weighted by atomic mass is 127. The highest BCUT2D eigenvalue weighted by molar-refractivity contribution is 14.0. The molecule has 0 radical (unpaired) electrons. The summed E-state index contributed by atoms with van der Waals surface area (Å²) < 4.78 is 39.4. The number of sulfone groups is 1. The summed E-state index contributed by atoms with van der Waals surface area (Å²) in [6.07, 6.45) is 0.865. The predicted molar refractivity (Wildman–Crippen MR) is 133 cm³/mol. The number of hydrogen-bond donors (Lipinski definition) is 2. The Labute approximate surface area is 198 Å². The normalized spacial score (nSPS) is 11.8. The van der Waals surface area contributed by atoms with Gasteiger partial charge in [0.25, 0.3) is 0 Å². The lowest BCUT2D eigenvalue weighted by Crippen LogP contribution is -2.35. The molecular weight excluding hydrogens is 521 g/mol. The average Bonchev–Trinajstić information content (AvgIpc) is 2.68. The number of nitrogens with one attached hydrogen (secondary N) is 2. The molecule has 0 fully saturated rings. The van der Waals surface area contributed by atoms with Crippen molar-refractivity contribution in [1.82, 2.24) is 5.32 Å². The molecule has 0 aliphatic rings. The smallest absolute Gasteiger partial charge is 0.195 e. The third kappa shape index (κ3) is 14.0. The summed E-state index contributed by atoms with van der Waals surface area (Å²) >= 11 is 0. The minimum atomic E-state index is -3.04. The van der Waals surface area contributed by atoms with E-state index < -0.39 is 9.84 Å². The van der Waals surface area contributed by atoms with Gasteiger partial charge in [-0.15, -0.1) is 24.0 Å². The Kier molecular flexibility index (Phi) is 16.0. The van der Waals surface area contributed by atoms with Crippen LogP contribution < -0.4 is 15.4 Å². The molecule has 30 heavy (non-hydrogen) atoms. The molecule has 1 aromatic rings. The van der Waals surface area contributed by atoms with Crippen molar-refractivity contribution < 1.29 is 22.6 Å². The van der Waals surface area contributed by atoms with E-state index in [-0.39, 0.29) is 41.6 Å². The lowest BCUT2D eigenvalue weighted by molar-refractivity contribution is 0.0702. The number of rotatable bonds is 14. The fourth-order valence-electron chi connectivity index (χ4n) is 2.24. The van der Waals surface area contributed by atoms with E-state index in [0.717, 1.165) is 17.9 Å². The van der Waals surface area contributed by atoms with Crippen LogP contribution in [0.2, 0.25) is 0 Å². The molecule has 0 amide bonds. The van der Waals surface area contributed by atoms with E-state index >= 15 is 0 Å². The van der Waals surface area contributed by atoms with Crippen molar-refractivity contribution in [3.05, 3.63) is 24.3 Å². The number of methoxy groups -OCH3 is 1. The van der Waals surface area contributed by atoms with Gasteiger partial charge in [0.05, 0.1) is 25.1 Å². The maximum atomic E-state index is 11.7. The van der Waals surface area contributed by atoms with Crippen LogP contribution in [0.1, 0.15) is 27.2 Å². The first-order valence-corrected chi connectivity index (χ1v) is 11.8. The fourth-order valence-corrected chi connectivity index (χ4v) is 2.94. The Morgan fingerprint density at radius 3 is 2.43 bits per heavy atom. The van der Waals surface area contributed by atoms with Crippen LogP contribution in [0.25, 0.3) is 0 Å². The van der Waals surface area contributed by atoms with Crippen LogP contribution in [-0.4, -0.2) is 72.0 Å². The van der Waals surface area contributed by atoms with Gasteiger partial charge < -0.3 is 24.8 Å². The Bertz CT molecular complexity index is 697. The molecule has 0 aliphatic heterocycles. The maximum Gasteiger partial charge on any atom is 0.195 e. The molecule has 0 saturated heterocycles. The number of hydrogen-bond acceptors (Lipinski definition) is 6. The van der Waals surface area contributed by atoms with E-state index in [2.05, 4.69) is 15.6 Å². The second kappa shape index (κ2) is 16.6. The van der Waals surface area contributed by atoms with E-state index in [1.807, 2.05) is 38.1 Å². The SMILES string of the molecule is CCS(=O)(=O)CCNC(=NCCCOCCOC)Nc1ccc(OC(C)C)cc1.I. The number of benzene rings is 1. The van der Waals surface area contributed by atoms with Crippen molar-refractivity contribution in [3.8, 4) is 5.75 Å². The second-order valence-electron chi connectivity index (χ2n) is 6.67. The van der Waals surface area contributed by atoms with Crippen molar-refractivity contribution in [2.45, 2.75) is 33.3 Å². The molecule has 0 saturated carbocycles.